The van der Waals surface area contributed by atoms with Gasteiger partial charge in [0.2, 0.25) is 5.91 Å². The van der Waals surface area contributed by atoms with Crippen LogP contribution in [-0.2, 0) is 17.9 Å². The minimum Gasteiger partial charge on any atom is -0.321 e. The van der Waals surface area contributed by atoms with Crippen molar-refractivity contribution in [1.82, 2.24) is 19.6 Å². The van der Waals surface area contributed by atoms with E-state index in [1.54, 1.807) is 13.8 Å². The number of nitrogens with one attached hydrogen (secondary N) is 1. The average Bonchev–Trinajstić information content (AvgIpc) is 3.21. The number of halogens is 6. The van der Waals surface area contributed by atoms with E-state index in [1.165, 1.54) is 22.9 Å². The van der Waals surface area contributed by atoms with Crippen molar-refractivity contribution in [3.63, 3.8) is 0 Å². The first-order valence-electron chi connectivity index (χ1n) is 8.98. The molecule has 0 aliphatic rings. The van der Waals surface area contributed by atoms with Crippen LogP contribution in [0.2, 0.25) is 5.02 Å². The standard InChI is InChI=1S/C19H17ClF5N5O/c1-9-17(10(2)29(27-9)7-11-3-4-12(21)5-13(11)20)26-16(31)8-30-15(19(24)25)6-14(28-30)18(22)23/h3-6,18-19H,7-8H2,1-2H3,(H,26,31). The van der Waals surface area contributed by atoms with E-state index in [2.05, 4.69) is 15.5 Å². The highest BCUT2D eigenvalue weighted by molar-refractivity contribution is 6.31. The van der Waals surface area contributed by atoms with Crippen LogP contribution in [0.3, 0.4) is 0 Å². The maximum Gasteiger partial charge on any atom is 0.282 e. The lowest BCUT2D eigenvalue weighted by molar-refractivity contribution is -0.117. The third kappa shape index (κ3) is 5.04. The van der Waals surface area contributed by atoms with Crippen molar-refractivity contribution in [3.05, 3.63) is 63.4 Å². The summed E-state index contributed by atoms with van der Waals surface area (Å²) < 4.78 is 67.1. The van der Waals surface area contributed by atoms with E-state index in [0.717, 1.165) is 0 Å². The lowest BCUT2D eigenvalue weighted by Crippen LogP contribution is -2.22. The summed E-state index contributed by atoms with van der Waals surface area (Å²) in [6, 6.07) is 4.51. The fourth-order valence-electron chi connectivity index (χ4n) is 3.02. The second-order valence-electron chi connectivity index (χ2n) is 6.74. The van der Waals surface area contributed by atoms with Gasteiger partial charge in [0.1, 0.15) is 23.7 Å². The summed E-state index contributed by atoms with van der Waals surface area (Å²) in [6.07, 6.45) is -6.11. The molecule has 0 saturated carbocycles. The summed E-state index contributed by atoms with van der Waals surface area (Å²) in [7, 11) is 0. The Morgan fingerprint density at radius 2 is 1.81 bits per heavy atom. The Hall–Kier alpha value is -2.95. The second kappa shape index (κ2) is 9.04. The van der Waals surface area contributed by atoms with Gasteiger partial charge in [-0.1, -0.05) is 17.7 Å². The molecule has 166 valence electrons. The zero-order valence-electron chi connectivity index (χ0n) is 16.3. The molecular formula is C19H17ClF5N5O. The molecule has 2 heterocycles. The Labute approximate surface area is 178 Å². The number of aryl methyl sites for hydroxylation is 1. The van der Waals surface area contributed by atoms with Gasteiger partial charge in [-0.25, -0.2) is 22.0 Å². The highest BCUT2D eigenvalue weighted by Crippen LogP contribution is 2.26. The van der Waals surface area contributed by atoms with E-state index >= 15 is 0 Å². The van der Waals surface area contributed by atoms with Crippen LogP contribution in [0.5, 0.6) is 0 Å². The molecule has 6 nitrogen and oxygen atoms in total. The van der Waals surface area contributed by atoms with Gasteiger partial charge in [-0.2, -0.15) is 10.2 Å². The molecule has 31 heavy (non-hydrogen) atoms. The SMILES string of the molecule is Cc1nn(Cc2ccc(F)cc2Cl)c(C)c1NC(=O)Cn1nc(C(F)F)cc1C(F)F. The first-order valence-corrected chi connectivity index (χ1v) is 9.36. The third-order valence-corrected chi connectivity index (χ3v) is 4.90. The van der Waals surface area contributed by atoms with Crippen LogP contribution in [0.1, 0.15) is 41.2 Å². The van der Waals surface area contributed by atoms with E-state index in [0.29, 0.717) is 33.4 Å². The molecule has 0 aliphatic carbocycles. The van der Waals surface area contributed by atoms with Crippen LogP contribution < -0.4 is 5.32 Å². The van der Waals surface area contributed by atoms with Gasteiger partial charge in [0.15, 0.2) is 0 Å². The predicted octanol–water partition coefficient (Wildman–Crippen LogP) is 5.05. The number of hydrogen-bond acceptors (Lipinski definition) is 3. The Bertz CT molecular complexity index is 1110. The van der Waals surface area contributed by atoms with E-state index in [-0.39, 0.29) is 11.6 Å². The molecule has 0 aliphatic heterocycles. The predicted molar refractivity (Wildman–Crippen MR) is 103 cm³/mol. The van der Waals surface area contributed by atoms with Gasteiger partial charge >= 0.3 is 0 Å². The van der Waals surface area contributed by atoms with Gasteiger partial charge in [-0.3, -0.25) is 14.2 Å². The number of nitrogens with zero attached hydrogens (tertiary/aromatic N) is 4. The number of amides is 1. The van der Waals surface area contributed by atoms with Gasteiger partial charge in [-0.05, 0) is 37.6 Å². The maximum absolute atomic E-state index is 13.2. The van der Waals surface area contributed by atoms with Crippen molar-refractivity contribution < 1.29 is 26.7 Å². The molecule has 0 unspecified atom stereocenters. The molecule has 0 bridgehead atoms. The number of carbonyl (C=O) groups is 1. The zero-order chi connectivity index (χ0) is 22.9. The van der Waals surface area contributed by atoms with E-state index in [9.17, 15) is 26.7 Å². The summed E-state index contributed by atoms with van der Waals surface area (Å²) in [4.78, 5) is 12.4. The summed E-state index contributed by atoms with van der Waals surface area (Å²) in [5.74, 6) is -1.22. The molecule has 1 aromatic carbocycles. The fourth-order valence-corrected chi connectivity index (χ4v) is 3.25. The number of carbonyl (C=O) groups excluding carboxylic acids is 1. The third-order valence-electron chi connectivity index (χ3n) is 4.55. The number of aromatic nitrogens is 4. The number of hydrogen-bond donors (Lipinski definition) is 1. The number of alkyl halides is 4. The molecule has 0 fully saturated rings. The summed E-state index contributed by atoms with van der Waals surface area (Å²) in [6.45, 7) is 2.81. The first-order chi connectivity index (χ1) is 14.6. The highest BCUT2D eigenvalue weighted by Gasteiger charge is 2.23. The van der Waals surface area contributed by atoms with Crippen LogP contribution in [0.25, 0.3) is 0 Å². The Kier molecular flexibility index (Phi) is 6.63. The van der Waals surface area contributed by atoms with Crippen molar-refractivity contribution in [2.45, 2.75) is 39.8 Å². The van der Waals surface area contributed by atoms with Crippen LogP contribution in [-0.4, -0.2) is 25.5 Å². The molecule has 0 radical (unpaired) electrons. The Morgan fingerprint density at radius 1 is 1.10 bits per heavy atom. The van der Waals surface area contributed by atoms with Crippen molar-refractivity contribution in [2.24, 2.45) is 0 Å². The van der Waals surface area contributed by atoms with Crippen LogP contribution in [0.15, 0.2) is 24.3 Å². The molecule has 0 atom stereocenters. The minimum atomic E-state index is -3.07. The summed E-state index contributed by atoms with van der Waals surface area (Å²) in [5, 5.41) is 10.5. The average molecular weight is 462 g/mol. The van der Waals surface area contributed by atoms with Gasteiger partial charge in [0.05, 0.1) is 23.6 Å². The van der Waals surface area contributed by atoms with E-state index in [1.807, 2.05) is 0 Å². The van der Waals surface area contributed by atoms with Gasteiger partial charge in [-0.15, -0.1) is 0 Å². The van der Waals surface area contributed by atoms with Gasteiger partial charge < -0.3 is 5.32 Å². The lowest BCUT2D eigenvalue weighted by atomic mass is 10.2. The Balaban J connectivity index is 1.78. The maximum atomic E-state index is 13.2. The molecule has 1 N–H and O–H groups in total. The topological polar surface area (TPSA) is 64.7 Å². The summed E-state index contributed by atoms with van der Waals surface area (Å²) >= 11 is 6.04. The van der Waals surface area contributed by atoms with Crippen molar-refractivity contribution in [3.8, 4) is 0 Å². The molecule has 3 aromatic rings. The largest absolute Gasteiger partial charge is 0.321 e. The number of anilines is 1. The molecule has 0 saturated heterocycles. The van der Waals surface area contributed by atoms with E-state index < -0.39 is 42.5 Å². The van der Waals surface area contributed by atoms with Gasteiger partial charge in [0, 0.05) is 5.02 Å². The molecule has 2 aromatic heterocycles. The van der Waals surface area contributed by atoms with E-state index in [4.69, 9.17) is 11.6 Å². The van der Waals surface area contributed by atoms with Crippen molar-refractivity contribution in [1.29, 1.82) is 0 Å². The molecule has 0 spiro atoms. The minimum absolute atomic E-state index is 0.202. The number of rotatable bonds is 7. The molecule has 12 heteroatoms. The molecule has 3 rings (SSSR count). The van der Waals surface area contributed by atoms with Gasteiger partial charge in [0.25, 0.3) is 12.9 Å². The van der Waals surface area contributed by atoms with Crippen LogP contribution >= 0.6 is 11.6 Å². The van der Waals surface area contributed by atoms with Crippen LogP contribution in [0, 0.1) is 19.7 Å². The fraction of sp³-hybridized carbons (Fsp3) is 0.316. The number of benzene rings is 1. The normalized spacial score (nSPS) is 11.5. The lowest BCUT2D eigenvalue weighted by Gasteiger charge is -2.10. The molecule has 1 amide bonds. The zero-order valence-corrected chi connectivity index (χ0v) is 17.1. The quantitative estimate of drug-likeness (QED) is 0.501. The monoisotopic (exact) mass is 461 g/mol. The summed E-state index contributed by atoms with van der Waals surface area (Å²) in [5.41, 5.74) is 0.299. The van der Waals surface area contributed by atoms with Crippen molar-refractivity contribution >= 4 is 23.2 Å². The molecular weight excluding hydrogens is 445 g/mol. The first kappa shape index (κ1) is 22.7. The second-order valence-corrected chi connectivity index (χ2v) is 7.15. The smallest absolute Gasteiger partial charge is 0.282 e. The Morgan fingerprint density at radius 3 is 2.42 bits per heavy atom. The van der Waals surface area contributed by atoms with Crippen LogP contribution in [0.4, 0.5) is 27.6 Å². The highest BCUT2D eigenvalue weighted by atomic mass is 35.5. The van der Waals surface area contributed by atoms with Crippen molar-refractivity contribution in [2.75, 3.05) is 5.32 Å².